The molecule has 27 heavy (non-hydrogen) atoms. The third-order valence-electron chi connectivity index (χ3n) is 5.21. The van der Waals surface area contributed by atoms with Crippen molar-refractivity contribution in [3.8, 4) is 11.3 Å². The molecule has 1 N–H and O–H groups in total. The van der Waals surface area contributed by atoms with Gasteiger partial charge in [0.25, 0.3) is 5.91 Å². The maximum Gasteiger partial charge on any atom is 0.256 e. The van der Waals surface area contributed by atoms with Gasteiger partial charge in [0.05, 0.1) is 11.9 Å². The van der Waals surface area contributed by atoms with Crippen molar-refractivity contribution in [3.63, 3.8) is 0 Å². The summed E-state index contributed by atoms with van der Waals surface area (Å²) in [4.78, 5) is 21.7. The number of hydrogen-bond acceptors (Lipinski definition) is 5. The summed E-state index contributed by atoms with van der Waals surface area (Å²) in [6.07, 6.45) is 5.37. The van der Waals surface area contributed by atoms with Gasteiger partial charge in [-0.15, -0.1) is 0 Å². The van der Waals surface area contributed by atoms with Crippen molar-refractivity contribution in [2.75, 3.05) is 0 Å². The van der Waals surface area contributed by atoms with E-state index in [1.165, 1.54) is 19.2 Å². The fourth-order valence-corrected chi connectivity index (χ4v) is 3.50. The zero-order chi connectivity index (χ0) is 18.5. The first-order valence-corrected chi connectivity index (χ1v) is 9.10. The first-order chi connectivity index (χ1) is 13.1. The molecule has 1 atom stereocenters. The van der Waals surface area contributed by atoms with Crippen molar-refractivity contribution in [2.24, 2.45) is 5.92 Å². The second kappa shape index (κ2) is 5.90. The lowest BCUT2D eigenvalue weighted by Crippen LogP contribution is -2.34. The summed E-state index contributed by atoms with van der Waals surface area (Å²) in [5.74, 6) is 0.455. The van der Waals surface area contributed by atoms with Gasteiger partial charge in [-0.05, 0) is 50.8 Å². The molecule has 0 saturated heterocycles. The Morgan fingerprint density at radius 2 is 2.22 bits per heavy atom. The molecule has 1 saturated carbocycles. The predicted molar refractivity (Wildman–Crippen MR) is 100 cm³/mol. The van der Waals surface area contributed by atoms with Gasteiger partial charge in [-0.1, -0.05) is 6.07 Å². The molecule has 7 heteroatoms. The lowest BCUT2D eigenvalue weighted by molar-refractivity contribution is 0.0937. The Hall–Kier alpha value is -3.22. The van der Waals surface area contributed by atoms with Crippen molar-refractivity contribution in [3.05, 3.63) is 48.1 Å². The molecule has 4 aromatic rings. The Bertz CT molecular complexity index is 1170. The van der Waals surface area contributed by atoms with E-state index in [9.17, 15) is 4.79 Å². The van der Waals surface area contributed by atoms with Gasteiger partial charge in [-0.3, -0.25) is 4.79 Å². The number of carbonyl (C=O) groups excluding carboxylic acids is 1. The molecular weight excluding hydrogens is 342 g/mol. The minimum atomic E-state index is -0.133. The fourth-order valence-electron chi connectivity index (χ4n) is 3.50. The Balaban J connectivity index is 1.61. The van der Waals surface area contributed by atoms with Gasteiger partial charge >= 0.3 is 0 Å². The molecular formula is C20H19N5O2. The predicted octanol–water partition coefficient (Wildman–Crippen LogP) is 3.37. The van der Waals surface area contributed by atoms with E-state index >= 15 is 0 Å². The smallest absolute Gasteiger partial charge is 0.256 e. The standard InChI is InChI=1S/C20H19N5O2/c1-11-8-17(14-4-3-5-16-18(14)27-10-21-16)24-19-15(9-22-25(11)19)20(26)23-12(2)13-6-7-13/h3-5,8-10,12-13H,6-7H2,1-2H3,(H,23,26)/t12-/m0/s1. The Morgan fingerprint density at radius 3 is 3.04 bits per heavy atom. The SMILES string of the molecule is Cc1cc(-c2cccc3ncoc23)nc2c(C(=O)N[C@@H](C)C3CC3)cnn12. The van der Waals surface area contributed by atoms with Gasteiger partial charge in [0.1, 0.15) is 11.1 Å². The quantitative estimate of drug-likeness (QED) is 0.602. The molecule has 0 bridgehead atoms. The minimum absolute atomic E-state index is 0.133. The second-order valence-corrected chi connectivity index (χ2v) is 7.18. The van der Waals surface area contributed by atoms with Crippen molar-refractivity contribution >= 4 is 22.7 Å². The monoisotopic (exact) mass is 361 g/mol. The minimum Gasteiger partial charge on any atom is -0.443 e. The first kappa shape index (κ1) is 16.0. The van der Waals surface area contributed by atoms with Crippen LogP contribution in [0.2, 0.25) is 0 Å². The maximum atomic E-state index is 12.8. The highest BCUT2D eigenvalue weighted by Gasteiger charge is 2.30. The summed E-state index contributed by atoms with van der Waals surface area (Å²) < 4.78 is 7.24. The van der Waals surface area contributed by atoms with Crippen LogP contribution in [0.25, 0.3) is 28.0 Å². The highest BCUT2D eigenvalue weighted by molar-refractivity contribution is 6.00. The number of rotatable bonds is 4. The molecule has 0 spiro atoms. The van der Waals surface area contributed by atoms with Crippen molar-refractivity contribution in [2.45, 2.75) is 32.7 Å². The van der Waals surface area contributed by atoms with Crippen LogP contribution in [0, 0.1) is 12.8 Å². The Morgan fingerprint density at radius 1 is 1.37 bits per heavy atom. The molecule has 3 heterocycles. The van der Waals surface area contributed by atoms with E-state index in [0.29, 0.717) is 22.7 Å². The first-order valence-electron chi connectivity index (χ1n) is 9.10. The number of carbonyl (C=O) groups is 1. The van der Waals surface area contributed by atoms with Crippen LogP contribution in [0.5, 0.6) is 0 Å². The normalized spacial score (nSPS) is 15.3. The summed E-state index contributed by atoms with van der Waals surface area (Å²) in [6, 6.07) is 7.86. The van der Waals surface area contributed by atoms with Gasteiger partial charge in [0, 0.05) is 17.3 Å². The summed E-state index contributed by atoms with van der Waals surface area (Å²) >= 11 is 0. The van der Waals surface area contributed by atoms with Crippen LogP contribution in [0.3, 0.4) is 0 Å². The fraction of sp³-hybridized carbons (Fsp3) is 0.300. The molecule has 5 rings (SSSR count). The van der Waals surface area contributed by atoms with Crippen LogP contribution < -0.4 is 5.32 Å². The molecule has 0 unspecified atom stereocenters. The van der Waals surface area contributed by atoms with Crippen LogP contribution in [0.1, 0.15) is 35.8 Å². The van der Waals surface area contributed by atoms with Gasteiger partial charge in [0.15, 0.2) is 17.6 Å². The third-order valence-corrected chi connectivity index (χ3v) is 5.21. The Kier molecular flexibility index (Phi) is 3.50. The van der Waals surface area contributed by atoms with Crippen LogP contribution in [0.4, 0.5) is 0 Å². The van der Waals surface area contributed by atoms with E-state index in [2.05, 4.69) is 22.3 Å². The third kappa shape index (κ3) is 2.66. The van der Waals surface area contributed by atoms with Crippen LogP contribution in [-0.4, -0.2) is 31.5 Å². The van der Waals surface area contributed by atoms with E-state index in [0.717, 1.165) is 22.5 Å². The zero-order valence-electron chi connectivity index (χ0n) is 15.1. The molecule has 0 aliphatic heterocycles. The van der Waals surface area contributed by atoms with Crippen LogP contribution >= 0.6 is 0 Å². The summed E-state index contributed by atoms with van der Waals surface area (Å²) in [6.45, 7) is 4.00. The maximum absolute atomic E-state index is 12.8. The number of hydrogen-bond donors (Lipinski definition) is 1. The van der Waals surface area contributed by atoms with Crippen LogP contribution in [0.15, 0.2) is 41.3 Å². The number of aromatic nitrogens is 4. The number of benzene rings is 1. The van der Waals surface area contributed by atoms with Crippen LogP contribution in [-0.2, 0) is 0 Å². The zero-order valence-corrected chi connectivity index (χ0v) is 15.1. The summed E-state index contributed by atoms with van der Waals surface area (Å²) in [5, 5.41) is 7.43. The highest BCUT2D eigenvalue weighted by Crippen LogP contribution is 2.32. The van der Waals surface area contributed by atoms with E-state index < -0.39 is 0 Å². The molecule has 1 fully saturated rings. The number of aryl methyl sites for hydroxylation is 1. The van der Waals surface area contributed by atoms with Gasteiger partial charge in [-0.25, -0.2) is 14.5 Å². The van der Waals surface area contributed by atoms with E-state index in [1.54, 1.807) is 10.7 Å². The topological polar surface area (TPSA) is 85.3 Å². The number of para-hydroxylation sites is 1. The van der Waals surface area contributed by atoms with Gasteiger partial charge < -0.3 is 9.73 Å². The number of nitrogens with one attached hydrogen (secondary N) is 1. The molecule has 0 radical (unpaired) electrons. The number of oxazole rings is 1. The summed E-state index contributed by atoms with van der Waals surface area (Å²) in [7, 11) is 0. The van der Waals surface area contributed by atoms with Crippen molar-refractivity contribution < 1.29 is 9.21 Å². The molecule has 7 nitrogen and oxygen atoms in total. The van der Waals surface area contributed by atoms with Gasteiger partial charge in [0.2, 0.25) is 0 Å². The lowest BCUT2D eigenvalue weighted by Gasteiger charge is -2.12. The molecule has 1 aliphatic rings. The molecule has 1 aliphatic carbocycles. The number of nitrogens with zero attached hydrogens (tertiary/aromatic N) is 4. The van der Waals surface area contributed by atoms with Crippen molar-refractivity contribution in [1.29, 1.82) is 0 Å². The summed E-state index contributed by atoms with van der Waals surface area (Å²) in [5.41, 5.74) is 4.94. The average Bonchev–Trinajstić information content (AvgIpc) is 3.24. The average molecular weight is 361 g/mol. The lowest BCUT2D eigenvalue weighted by atomic mass is 10.1. The largest absolute Gasteiger partial charge is 0.443 e. The van der Waals surface area contributed by atoms with Crippen molar-refractivity contribution in [1.82, 2.24) is 24.9 Å². The number of amides is 1. The van der Waals surface area contributed by atoms with E-state index in [1.807, 2.05) is 31.2 Å². The number of fused-ring (bicyclic) bond motifs is 2. The molecule has 3 aromatic heterocycles. The van der Waals surface area contributed by atoms with E-state index in [-0.39, 0.29) is 11.9 Å². The van der Waals surface area contributed by atoms with E-state index in [4.69, 9.17) is 9.40 Å². The molecule has 1 amide bonds. The Labute approximate surface area is 155 Å². The molecule has 136 valence electrons. The molecule has 1 aromatic carbocycles. The van der Waals surface area contributed by atoms with Gasteiger partial charge in [-0.2, -0.15) is 5.10 Å². The second-order valence-electron chi connectivity index (χ2n) is 7.18. The highest BCUT2D eigenvalue weighted by atomic mass is 16.3.